The van der Waals surface area contributed by atoms with Gasteiger partial charge in [-0.05, 0) is 36.8 Å². The van der Waals surface area contributed by atoms with E-state index in [0.717, 1.165) is 36.5 Å². The monoisotopic (exact) mass is 408 g/mol. The summed E-state index contributed by atoms with van der Waals surface area (Å²) in [4.78, 5) is 2.40. The first kappa shape index (κ1) is 18.8. The predicted molar refractivity (Wildman–Crippen MR) is 108 cm³/mol. The maximum atomic E-state index is 13.1. The molecule has 5 nitrogen and oxygen atoms in total. The van der Waals surface area contributed by atoms with E-state index in [9.17, 15) is 8.42 Å². The van der Waals surface area contributed by atoms with E-state index in [0.29, 0.717) is 42.2 Å². The molecule has 2 aliphatic heterocycles. The smallest absolute Gasteiger partial charge is 0.243 e. The summed E-state index contributed by atoms with van der Waals surface area (Å²) < 4.78 is 33.5. The van der Waals surface area contributed by atoms with Gasteiger partial charge in [0.15, 0.2) is 0 Å². The van der Waals surface area contributed by atoms with E-state index >= 15 is 0 Å². The molecule has 7 heteroatoms. The van der Waals surface area contributed by atoms with Crippen molar-refractivity contribution in [3.05, 3.63) is 41.5 Å². The van der Waals surface area contributed by atoms with Gasteiger partial charge in [0.1, 0.15) is 12.4 Å². The highest BCUT2D eigenvalue weighted by Crippen LogP contribution is 2.36. The summed E-state index contributed by atoms with van der Waals surface area (Å²) in [6.45, 7) is 2.46. The van der Waals surface area contributed by atoms with Crippen molar-refractivity contribution in [3.8, 4) is 5.75 Å². The molecule has 0 spiro atoms. The molecule has 0 bridgehead atoms. The Morgan fingerprint density at radius 2 is 1.96 bits per heavy atom. The van der Waals surface area contributed by atoms with Crippen LogP contribution in [0.25, 0.3) is 0 Å². The first-order chi connectivity index (χ1) is 12.9. The lowest BCUT2D eigenvalue weighted by Crippen LogP contribution is -2.40. The van der Waals surface area contributed by atoms with Gasteiger partial charge in [-0.2, -0.15) is 4.31 Å². The summed E-state index contributed by atoms with van der Waals surface area (Å²) >= 11 is 6.17. The van der Waals surface area contributed by atoms with E-state index in [2.05, 4.69) is 23.1 Å². The highest BCUT2D eigenvalue weighted by molar-refractivity contribution is 7.89. The van der Waals surface area contributed by atoms with Gasteiger partial charge in [-0.3, -0.25) is 0 Å². The minimum Gasteiger partial charge on any atom is -0.490 e. The zero-order chi connectivity index (χ0) is 19.0. The van der Waals surface area contributed by atoms with Crippen molar-refractivity contribution in [2.45, 2.75) is 24.2 Å². The Morgan fingerprint density at radius 1 is 1.19 bits per heavy atom. The van der Waals surface area contributed by atoms with Crippen LogP contribution in [0.2, 0.25) is 0 Å². The van der Waals surface area contributed by atoms with Crippen LogP contribution in [0.5, 0.6) is 5.75 Å². The molecular formula is C20H25ClN2O3S. The Labute approximate surface area is 166 Å². The molecule has 0 N–H and O–H groups in total. The van der Waals surface area contributed by atoms with Gasteiger partial charge in [-0.25, -0.2) is 8.42 Å². The summed E-state index contributed by atoms with van der Waals surface area (Å²) in [5.74, 6) is 1.41. The third-order valence-electron chi connectivity index (χ3n) is 5.75. The van der Waals surface area contributed by atoms with Crippen LogP contribution < -0.4 is 9.64 Å². The normalized spacial score (nSPS) is 24.3. The van der Waals surface area contributed by atoms with Crippen LogP contribution in [0.15, 0.2) is 46.4 Å². The number of piperidine rings is 1. The lowest BCUT2D eigenvalue weighted by molar-refractivity contribution is 0.249. The Hall–Kier alpha value is -1.50. The quantitative estimate of drug-likeness (QED) is 0.717. The molecule has 1 aliphatic carbocycles. The molecule has 0 saturated carbocycles. The highest BCUT2D eigenvalue weighted by Gasteiger charge is 2.32. The van der Waals surface area contributed by atoms with E-state index in [1.807, 2.05) is 13.1 Å². The van der Waals surface area contributed by atoms with Gasteiger partial charge in [0.2, 0.25) is 10.0 Å². The van der Waals surface area contributed by atoms with Crippen molar-refractivity contribution >= 4 is 27.3 Å². The fraction of sp³-hybridized carbons (Fsp3) is 0.500. The minimum absolute atomic E-state index is 0.315. The maximum Gasteiger partial charge on any atom is 0.243 e. The number of sulfonamides is 1. The molecule has 1 unspecified atom stereocenters. The summed E-state index contributed by atoms with van der Waals surface area (Å²) in [7, 11) is -1.52. The molecule has 146 valence electrons. The van der Waals surface area contributed by atoms with Gasteiger partial charge in [0, 0.05) is 37.7 Å². The van der Waals surface area contributed by atoms with Gasteiger partial charge >= 0.3 is 0 Å². The van der Waals surface area contributed by atoms with Gasteiger partial charge in [-0.1, -0.05) is 29.8 Å². The molecule has 0 amide bonds. The van der Waals surface area contributed by atoms with Crippen molar-refractivity contribution in [2.75, 3.05) is 38.2 Å². The minimum atomic E-state index is -3.50. The second-order valence-electron chi connectivity index (χ2n) is 7.46. The van der Waals surface area contributed by atoms with Crippen molar-refractivity contribution in [1.29, 1.82) is 0 Å². The first-order valence-corrected chi connectivity index (χ1v) is 11.3. The molecule has 1 atom stereocenters. The Bertz CT molecular complexity index is 873. The number of halogens is 1. The molecule has 1 saturated heterocycles. The van der Waals surface area contributed by atoms with Crippen LogP contribution in [0.4, 0.5) is 5.69 Å². The standard InChI is InChI=1S/C20H25ClN2O3S/c1-22-11-12-26-20-14-18(5-6-19(20)22)27(24,25)23-9-7-15(8-10-23)16-3-2-4-17(21)13-16/h2-3,5-6,13-16H,4,7-12H2,1H3. The number of benzene rings is 1. The lowest BCUT2D eigenvalue weighted by atomic mass is 9.83. The topological polar surface area (TPSA) is 49.9 Å². The Morgan fingerprint density at radius 3 is 2.70 bits per heavy atom. The highest BCUT2D eigenvalue weighted by atomic mass is 35.5. The second-order valence-corrected chi connectivity index (χ2v) is 9.89. The van der Waals surface area contributed by atoms with Crippen molar-refractivity contribution < 1.29 is 13.2 Å². The third kappa shape index (κ3) is 3.75. The van der Waals surface area contributed by atoms with Gasteiger partial charge < -0.3 is 9.64 Å². The van der Waals surface area contributed by atoms with E-state index in [4.69, 9.17) is 16.3 Å². The third-order valence-corrected chi connectivity index (χ3v) is 7.93. The van der Waals surface area contributed by atoms with Gasteiger partial charge in [-0.15, -0.1) is 0 Å². The number of ether oxygens (including phenoxy) is 1. The van der Waals surface area contributed by atoms with Gasteiger partial charge in [0.05, 0.1) is 17.1 Å². The molecule has 2 heterocycles. The summed E-state index contributed by atoms with van der Waals surface area (Å²) in [6, 6.07) is 5.20. The predicted octanol–water partition coefficient (Wildman–Crippen LogP) is 3.61. The molecule has 0 radical (unpaired) electrons. The SMILES string of the molecule is CN1CCOc2cc(S(=O)(=O)N3CCC(C4C=CCC(Cl)=C4)CC3)ccc21. The van der Waals surface area contributed by atoms with E-state index in [1.165, 1.54) is 0 Å². The number of hydrogen-bond donors (Lipinski definition) is 0. The van der Waals surface area contributed by atoms with E-state index in [1.54, 1.807) is 16.4 Å². The first-order valence-electron chi connectivity index (χ1n) is 9.46. The lowest BCUT2D eigenvalue weighted by Gasteiger charge is -2.34. The van der Waals surface area contributed by atoms with Crippen LogP contribution in [0.3, 0.4) is 0 Å². The van der Waals surface area contributed by atoms with Crippen molar-refractivity contribution in [2.24, 2.45) is 11.8 Å². The van der Waals surface area contributed by atoms with Gasteiger partial charge in [0.25, 0.3) is 0 Å². The fourth-order valence-corrected chi connectivity index (χ4v) is 5.83. The van der Waals surface area contributed by atoms with Crippen molar-refractivity contribution in [3.63, 3.8) is 0 Å². The molecule has 1 aromatic carbocycles. The number of likely N-dealkylation sites (N-methyl/N-ethyl adjacent to an activating group) is 1. The summed E-state index contributed by atoms with van der Waals surface area (Å²) in [5, 5.41) is 0.886. The molecule has 1 aromatic rings. The van der Waals surface area contributed by atoms with Crippen LogP contribution >= 0.6 is 11.6 Å². The Balaban J connectivity index is 1.48. The Kier molecular flexibility index (Phi) is 5.23. The van der Waals surface area contributed by atoms with E-state index in [-0.39, 0.29) is 0 Å². The number of hydrogen-bond acceptors (Lipinski definition) is 4. The zero-order valence-corrected chi connectivity index (χ0v) is 17.0. The van der Waals surface area contributed by atoms with Crippen LogP contribution in [0, 0.1) is 11.8 Å². The fourth-order valence-electron chi connectivity index (χ4n) is 4.11. The van der Waals surface area contributed by atoms with Crippen LogP contribution in [-0.4, -0.2) is 46.0 Å². The number of nitrogens with zero attached hydrogens (tertiary/aromatic N) is 2. The maximum absolute atomic E-state index is 13.1. The second kappa shape index (κ2) is 7.49. The molecular weight excluding hydrogens is 384 g/mol. The largest absolute Gasteiger partial charge is 0.490 e. The number of anilines is 1. The molecule has 27 heavy (non-hydrogen) atoms. The van der Waals surface area contributed by atoms with E-state index < -0.39 is 10.0 Å². The van der Waals surface area contributed by atoms with Crippen molar-refractivity contribution in [1.82, 2.24) is 4.31 Å². The average molecular weight is 409 g/mol. The molecule has 0 aromatic heterocycles. The summed E-state index contributed by atoms with van der Waals surface area (Å²) in [6.07, 6.45) is 8.94. The zero-order valence-electron chi connectivity index (χ0n) is 15.5. The molecule has 3 aliphatic rings. The number of allylic oxidation sites excluding steroid dienone is 4. The van der Waals surface area contributed by atoms with Crippen LogP contribution in [-0.2, 0) is 10.0 Å². The molecule has 4 rings (SSSR count). The molecule has 1 fully saturated rings. The van der Waals surface area contributed by atoms with Crippen LogP contribution in [0.1, 0.15) is 19.3 Å². The number of rotatable bonds is 3. The number of fused-ring (bicyclic) bond motifs is 1. The average Bonchev–Trinajstić information content (AvgIpc) is 2.68. The summed E-state index contributed by atoms with van der Waals surface area (Å²) in [5.41, 5.74) is 0.937.